The molecule has 1 N–H and O–H groups in total. The van der Waals surface area contributed by atoms with Gasteiger partial charge in [-0.25, -0.2) is 16.8 Å². The maximum absolute atomic E-state index is 14.5. The number of ketones is 2. The predicted molar refractivity (Wildman–Crippen MR) is 338 cm³/mol. The first-order chi connectivity index (χ1) is 41.1. The number of nitrogens with one attached hydrogen (secondary N) is 1. The van der Waals surface area contributed by atoms with Crippen molar-refractivity contribution in [3.8, 4) is 11.5 Å². The molecule has 13 nitrogen and oxygen atoms in total. The average molecular weight is 1170 g/mol. The van der Waals surface area contributed by atoms with E-state index in [2.05, 4.69) is 14.5 Å². The van der Waals surface area contributed by atoms with Gasteiger partial charge in [-0.3, -0.25) is 18.6 Å². The molecule has 1 aliphatic rings. The Kier molecular flexibility index (Phi) is 18.9. The monoisotopic (exact) mass is 1170 g/mol. The minimum Gasteiger partial charge on any atom is -0.491 e. The van der Waals surface area contributed by atoms with Crippen LogP contribution < -0.4 is 28.3 Å². The largest absolute Gasteiger partial charge is 0.491 e. The highest BCUT2D eigenvalue weighted by molar-refractivity contribution is 7.96. The van der Waals surface area contributed by atoms with Crippen LogP contribution >= 0.6 is 0 Å². The molecular formula is C70H68N4O9S2. The Morgan fingerprint density at radius 2 is 0.941 bits per heavy atom. The molecular weight excluding hydrogens is 1100 g/mol. The maximum Gasteiger partial charge on any atom is 0.252 e. The molecule has 0 aliphatic carbocycles. The number of benzene rings is 9. The van der Waals surface area contributed by atoms with Crippen molar-refractivity contribution in [2.45, 2.75) is 65.6 Å². The lowest BCUT2D eigenvalue weighted by atomic mass is 10.0. The number of hydrogen-bond acceptors (Lipinski definition) is 11. The number of rotatable bonds is 26. The summed E-state index contributed by atoms with van der Waals surface area (Å²) in [4.78, 5) is 31.8. The minimum atomic E-state index is -4.40. The zero-order chi connectivity index (χ0) is 59.3. The van der Waals surface area contributed by atoms with Gasteiger partial charge in [0, 0.05) is 66.4 Å². The molecule has 1 fully saturated rings. The standard InChI is InChI=1S/C70H68N4O9S2/c1-51-65(29-15-30-66(51)72(44-53-18-7-4-8-19-53)46-55-33-37-59(38-34-55)70(76)61-25-14-27-63(43-61)83-49-64-28-17-41-81-64)71-85(79,80)50-74(84(3,77)78)68-32-16-31-67(52(68)2)73(45-54-20-9-5-10-21-54)47-56-35-39-58(40-36-56)69(75)60-24-13-26-62(42-60)82-48-57-22-11-6-12-23-57/h4-16,18-27,29-40,42-43,64,71H,17,28,41,44-50H2,1-3H3. The molecule has 1 heterocycles. The number of hydrogen-bond donors (Lipinski definition) is 1. The van der Waals surface area contributed by atoms with E-state index in [0.717, 1.165) is 63.5 Å². The topological polar surface area (TPSA) is 152 Å². The molecule has 10 rings (SSSR count). The van der Waals surface area contributed by atoms with Crippen LogP contribution in [0.3, 0.4) is 0 Å². The molecule has 1 unspecified atom stereocenters. The van der Waals surface area contributed by atoms with Crippen LogP contribution in [0.1, 0.15) is 83.6 Å². The van der Waals surface area contributed by atoms with Crippen LogP contribution in [0.5, 0.6) is 11.5 Å². The molecule has 1 saturated heterocycles. The van der Waals surface area contributed by atoms with Crippen LogP contribution in [0, 0.1) is 13.8 Å². The van der Waals surface area contributed by atoms with Crippen LogP contribution in [-0.4, -0.2) is 59.9 Å². The van der Waals surface area contributed by atoms with E-state index >= 15 is 0 Å². The quantitative estimate of drug-likeness (QED) is 0.0516. The van der Waals surface area contributed by atoms with Crippen molar-refractivity contribution < 1.29 is 40.6 Å². The minimum absolute atomic E-state index is 0.0554. The van der Waals surface area contributed by atoms with Gasteiger partial charge < -0.3 is 24.0 Å². The first kappa shape index (κ1) is 59.2. The van der Waals surface area contributed by atoms with Crippen LogP contribution in [0.2, 0.25) is 0 Å². The number of carbonyl (C=O) groups excluding carboxylic acids is 2. The second-order valence-electron chi connectivity index (χ2n) is 21.3. The Labute approximate surface area is 499 Å². The van der Waals surface area contributed by atoms with Crippen molar-refractivity contribution in [1.82, 2.24) is 0 Å². The summed E-state index contributed by atoms with van der Waals surface area (Å²) >= 11 is 0. The van der Waals surface area contributed by atoms with Gasteiger partial charge in [-0.2, -0.15) is 0 Å². The summed E-state index contributed by atoms with van der Waals surface area (Å²) in [7, 11) is -8.60. The fraction of sp³-hybridized carbons (Fsp3) is 0.200. The molecule has 434 valence electrons. The fourth-order valence-corrected chi connectivity index (χ4v) is 13.3. The third-order valence-electron chi connectivity index (χ3n) is 15.0. The molecule has 0 aromatic heterocycles. The number of anilines is 4. The first-order valence-electron chi connectivity index (χ1n) is 28.3. The summed E-state index contributed by atoms with van der Waals surface area (Å²) in [5.41, 5.74) is 10.0. The molecule has 9 aromatic carbocycles. The molecule has 0 bridgehead atoms. The Morgan fingerprint density at radius 3 is 1.44 bits per heavy atom. The molecule has 15 heteroatoms. The van der Waals surface area contributed by atoms with Crippen LogP contribution in [0.15, 0.2) is 224 Å². The Bertz CT molecular complexity index is 3980. The van der Waals surface area contributed by atoms with Crippen molar-refractivity contribution in [1.29, 1.82) is 0 Å². The first-order valence-corrected chi connectivity index (χ1v) is 31.8. The van der Waals surface area contributed by atoms with E-state index in [1.807, 2.05) is 165 Å². The SMILES string of the molecule is Cc1c(NS(=O)(=O)CN(c2cccc(N(Cc3ccccc3)Cc3ccc(C(=O)c4cccc(OCc5ccccc5)c4)cc3)c2C)S(C)(=O)=O)cccc1N(Cc1ccccc1)Cc1ccc(C(=O)c2cccc(OCC3CCCO3)c2)cc1. The van der Waals surface area contributed by atoms with Crippen LogP contribution in [0.4, 0.5) is 22.7 Å². The number of ether oxygens (including phenoxy) is 3. The molecule has 85 heavy (non-hydrogen) atoms. The third-order valence-corrected chi connectivity index (χ3v) is 17.4. The van der Waals surface area contributed by atoms with Gasteiger partial charge in [-0.1, -0.05) is 176 Å². The molecule has 0 amide bonds. The summed E-state index contributed by atoms with van der Waals surface area (Å²) in [6.45, 7) is 6.88. The molecule has 1 aliphatic heterocycles. The van der Waals surface area contributed by atoms with Crippen LogP contribution in [0.25, 0.3) is 0 Å². The van der Waals surface area contributed by atoms with E-state index in [9.17, 15) is 26.4 Å². The fourth-order valence-electron chi connectivity index (χ4n) is 10.5. The van der Waals surface area contributed by atoms with E-state index in [4.69, 9.17) is 14.2 Å². The van der Waals surface area contributed by atoms with Gasteiger partial charge in [0.05, 0.1) is 23.7 Å². The van der Waals surface area contributed by atoms with Gasteiger partial charge in [0.1, 0.15) is 24.7 Å². The molecule has 0 radical (unpaired) electrons. The van der Waals surface area contributed by atoms with Crippen molar-refractivity contribution in [3.05, 3.63) is 286 Å². The number of carbonyl (C=O) groups is 2. The van der Waals surface area contributed by atoms with Crippen molar-refractivity contribution >= 4 is 54.4 Å². The van der Waals surface area contributed by atoms with E-state index < -0.39 is 25.9 Å². The summed E-state index contributed by atoms with van der Waals surface area (Å²) in [6.07, 6.45) is 3.03. The highest BCUT2D eigenvalue weighted by atomic mass is 32.2. The van der Waals surface area contributed by atoms with Crippen LogP contribution in [-0.2, 0) is 57.6 Å². The van der Waals surface area contributed by atoms with Gasteiger partial charge in [-0.15, -0.1) is 0 Å². The van der Waals surface area contributed by atoms with Gasteiger partial charge in [0.2, 0.25) is 10.0 Å². The normalized spacial score (nSPS) is 13.2. The summed E-state index contributed by atoms with van der Waals surface area (Å²) in [5.74, 6) is 0.0209. The second kappa shape index (κ2) is 27.1. The third kappa shape index (κ3) is 15.6. The van der Waals surface area contributed by atoms with Gasteiger partial charge >= 0.3 is 0 Å². The highest BCUT2D eigenvalue weighted by Gasteiger charge is 2.29. The van der Waals surface area contributed by atoms with Gasteiger partial charge in [0.15, 0.2) is 17.4 Å². The molecule has 9 aromatic rings. The van der Waals surface area contributed by atoms with Gasteiger partial charge in [-0.05, 0) is 114 Å². The second-order valence-corrected chi connectivity index (χ2v) is 24.9. The maximum atomic E-state index is 14.5. The highest BCUT2D eigenvalue weighted by Crippen LogP contribution is 2.35. The van der Waals surface area contributed by atoms with Crippen molar-refractivity contribution in [2.75, 3.05) is 44.2 Å². The van der Waals surface area contributed by atoms with E-state index in [-0.39, 0.29) is 23.4 Å². The van der Waals surface area contributed by atoms with Crippen molar-refractivity contribution in [3.63, 3.8) is 0 Å². The van der Waals surface area contributed by atoms with Crippen molar-refractivity contribution in [2.24, 2.45) is 0 Å². The lowest BCUT2D eigenvalue weighted by Gasteiger charge is -2.31. The number of nitrogens with zero attached hydrogens (tertiary/aromatic N) is 3. The molecule has 0 spiro atoms. The lowest BCUT2D eigenvalue weighted by Crippen LogP contribution is -2.38. The van der Waals surface area contributed by atoms with E-state index in [0.29, 0.717) is 95.6 Å². The van der Waals surface area contributed by atoms with E-state index in [1.165, 1.54) is 0 Å². The van der Waals surface area contributed by atoms with E-state index in [1.54, 1.807) is 73.7 Å². The zero-order valence-electron chi connectivity index (χ0n) is 47.8. The summed E-state index contributed by atoms with van der Waals surface area (Å²) in [5, 5.41) is 0. The smallest absolute Gasteiger partial charge is 0.252 e. The predicted octanol–water partition coefficient (Wildman–Crippen LogP) is 13.5. The molecule has 1 atom stereocenters. The van der Waals surface area contributed by atoms with Gasteiger partial charge in [0.25, 0.3) is 10.0 Å². The lowest BCUT2D eigenvalue weighted by molar-refractivity contribution is 0.0679. The average Bonchev–Trinajstić information content (AvgIpc) is 3.05. The Hall–Kier alpha value is -9.02. The Balaban J connectivity index is 0.858. The summed E-state index contributed by atoms with van der Waals surface area (Å²) < 4.78 is 78.2. The zero-order valence-corrected chi connectivity index (χ0v) is 49.5. The molecule has 0 saturated carbocycles. The number of sulfonamides is 2. The summed E-state index contributed by atoms with van der Waals surface area (Å²) in [6, 6.07) is 69.5. The Morgan fingerprint density at radius 1 is 0.494 bits per heavy atom.